The fourth-order valence-corrected chi connectivity index (χ4v) is 6.08. The monoisotopic (exact) mass is 601 g/mol. The number of likely N-dealkylation sites (tertiary alicyclic amines) is 1. The van der Waals surface area contributed by atoms with Gasteiger partial charge in [-0.05, 0) is 75.3 Å². The first kappa shape index (κ1) is 32.3. The van der Waals surface area contributed by atoms with Crippen LogP contribution >= 0.6 is 0 Å². The molecule has 2 heterocycles. The van der Waals surface area contributed by atoms with E-state index >= 15 is 0 Å². The average Bonchev–Trinajstić information content (AvgIpc) is 2.95. The largest absolute Gasteiger partial charge is 0.466 e. The Morgan fingerprint density at radius 3 is 2.31 bits per heavy atom. The van der Waals surface area contributed by atoms with E-state index in [0.717, 1.165) is 5.56 Å². The number of nitrogens with zero attached hydrogens (tertiary/aromatic N) is 1. The van der Waals surface area contributed by atoms with Crippen molar-refractivity contribution in [2.75, 3.05) is 32.9 Å². The Morgan fingerprint density at radius 1 is 1.07 bits per heavy atom. The van der Waals surface area contributed by atoms with Gasteiger partial charge in [0.05, 0.1) is 35.9 Å². The van der Waals surface area contributed by atoms with Gasteiger partial charge in [-0.2, -0.15) is 26.3 Å². The molecule has 0 radical (unpaired) electrons. The predicted octanol–water partition coefficient (Wildman–Crippen LogP) is 7.61. The van der Waals surface area contributed by atoms with Crippen molar-refractivity contribution in [3.63, 3.8) is 0 Å². The van der Waals surface area contributed by atoms with Crippen molar-refractivity contribution < 1.29 is 45.3 Å². The lowest BCUT2D eigenvalue weighted by Gasteiger charge is -2.47. The lowest BCUT2D eigenvalue weighted by molar-refractivity contribution is -0.181. The average molecular weight is 602 g/mol. The van der Waals surface area contributed by atoms with Crippen LogP contribution in [0.1, 0.15) is 74.3 Å². The van der Waals surface area contributed by atoms with Crippen LogP contribution in [0.4, 0.5) is 26.3 Å². The first-order valence-electron chi connectivity index (χ1n) is 14.2. The molecule has 2 aromatic rings. The minimum absolute atomic E-state index is 0.0415. The second-order valence-corrected chi connectivity index (χ2v) is 11.4. The number of hydrogen-bond acceptors (Lipinski definition) is 5. The van der Waals surface area contributed by atoms with E-state index in [0.29, 0.717) is 44.5 Å². The predicted molar refractivity (Wildman–Crippen MR) is 143 cm³/mol. The van der Waals surface area contributed by atoms with Crippen molar-refractivity contribution in [1.82, 2.24) is 4.90 Å². The molecule has 0 bridgehead atoms. The number of carbonyl (C=O) groups is 1. The maximum Gasteiger partial charge on any atom is 0.416 e. The van der Waals surface area contributed by atoms with E-state index in [2.05, 4.69) is 0 Å². The molecule has 5 nitrogen and oxygen atoms in total. The quantitative estimate of drug-likeness (QED) is 0.230. The molecule has 0 spiro atoms. The third-order valence-corrected chi connectivity index (χ3v) is 8.27. The van der Waals surface area contributed by atoms with Crippen molar-refractivity contribution in [2.24, 2.45) is 11.3 Å². The van der Waals surface area contributed by atoms with Crippen molar-refractivity contribution in [3.05, 3.63) is 70.8 Å². The lowest BCUT2D eigenvalue weighted by atomic mass is 9.78. The molecule has 2 saturated heterocycles. The molecule has 4 rings (SSSR count). The van der Waals surface area contributed by atoms with Gasteiger partial charge in [-0.15, -0.1) is 0 Å². The van der Waals surface area contributed by atoms with Crippen LogP contribution in [0.2, 0.25) is 0 Å². The summed E-state index contributed by atoms with van der Waals surface area (Å²) in [5.74, 6) is -0.699. The van der Waals surface area contributed by atoms with Crippen LogP contribution < -0.4 is 0 Å². The zero-order valence-corrected chi connectivity index (χ0v) is 23.9. The fraction of sp³-hybridized carbons (Fsp3) is 0.581. The maximum atomic E-state index is 13.6. The number of rotatable bonds is 8. The molecule has 2 aliphatic rings. The van der Waals surface area contributed by atoms with Gasteiger partial charge in [0.1, 0.15) is 6.23 Å². The smallest absolute Gasteiger partial charge is 0.416 e. The molecular formula is C31H37F6NO4. The number of ether oxygens (including phenoxy) is 3. The molecule has 0 amide bonds. The lowest BCUT2D eigenvalue weighted by Crippen LogP contribution is -2.55. The van der Waals surface area contributed by atoms with Crippen molar-refractivity contribution in [3.8, 4) is 0 Å². The summed E-state index contributed by atoms with van der Waals surface area (Å²) < 4.78 is 99.5. The van der Waals surface area contributed by atoms with Crippen LogP contribution in [0.25, 0.3) is 0 Å². The third kappa shape index (κ3) is 7.47. The molecule has 0 saturated carbocycles. The van der Waals surface area contributed by atoms with E-state index in [1.807, 2.05) is 42.2 Å². The highest BCUT2D eigenvalue weighted by molar-refractivity contribution is 5.76. The van der Waals surface area contributed by atoms with Gasteiger partial charge in [0.25, 0.3) is 0 Å². The Kier molecular flexibility index (Phi) is 9.94. The van der Waals surface area contributed by atoms with Gasteiger partial charge >= 0.3 is 18.3 Å². The van der Waals surface area contributed by atoms with E-state index in [9.17, 15) is 31.1 Å². The Hall–Kier alpha value is -2.63. The summed E-state index contributed by atoms with van der Waals surface area (Å²) in [5.41, 5.74) is -2.84. The van der Waals surface area contributed by atoms with Crippen molar-refractivity contribution in [1.29, 1.82) is 0 Å². The first-order valence-corrected chi connectivity index (χ1v) is 14.2. The summed E-state index contributed by atoms with van der Waals surface area (Å²) in [4.78, 5) is 14.9. The standard InChI is InChI=1S/C31H37F6NO4/c1-4-41-28(39)29(3)12-8-13-38(19-29)27(26-18-40-14-11-25(26)21-9-6-5-7-10-21)42-20(2)22-15-23(30(32,33)34)17-24(16-22)31(35,36)37/h5-7,9-10,15-17,20,25-27H,4,8,11-14,18-19H2,1-3H3/t20?,25-,26+,27?,29-/m1/s1. The van der Waals surface area contributed by atoms with Crippen LogP contribution in [0.5, 0.6) is 0 Å². The molecule has 2 aromatic carbocycles. The SMILES string of the molecule is CCOC(=O)[C@]1(C)CCCN(C(OC(C)c2cc(C(F)(F)F)cc(C(F)(F)F)c2)[C@H]2COCC[C@@H]2c2ccccc2)C1. The number of piperidine rings is 1. The van der Waals surface area contributed by atoms with E-state index in [1.165, 1.54) is 6.92 Å². The Morgan fingerprint density at radius 2 is 1.71 bits per heavy atom. The number of carbonyl (C=O) groups excluding carboxylic acids is 1. The van der Waals surface area contributed by atoms with E-state index in [1.54, 1.807) is 6.92 Å². The van der Waals surface area contributed by atoms with Gasteiger partial charge in [0, 0.05) is 25.6 Å². The Bertz CT molecular complexity index is 1170. The Labute approximate surface area is 242 Å². The molecule has 2 aliphatic heterocycles. The first-order chi connectivity index (χ1) is 19.7. The van der Waals surface area contributed by atoms with Crippen LogP contribution in [0.3, 0.4) is 0 Å². The summed E-state index contributed by atoms with van der Waals surface area (Å²) in [7, 11) is 0. The number of hydrogen-bond donors (Lipinski definition) is 0. The van der Waals surface area contributed by atoms with Crippen LogP contribution in [0.15, 0.2) is 48.5 Å². The van der Waals surface area contributed by atoms with Crippen LogP contribution in [-0.4, -0.2) is 50.0 Å². The minimum Gasteiger partial charge on any atom is -0.466 e. The second-order valence-electron chi connectivity index (χ2n) is 11.4. The molecule has 0 aliphatic carbocycles. The highest BCUT2D eigenvalue weighted by Gasteiger charge is 2.46. The summed E-state index contributed by atoms with van der Waals surface area (Å²) in [6.45, 7) is 6.78. The molecule has 5 atom stereocenters. The van der Waals surface area contributed by atoms with Crippen molar-refractivity contribution in [2.45, 2.75) is 70.6 Å². The van der Waals surface area contributed by atoms with Gasteiger partial charge in [0.2, 0.25) is 0 Å². The van der Waals surface area contributed by atoms with Gasteiger partial charge in [-0.3, -0.25) is 9.69 Å². The number of alkyl halides is 6. The normalized spacial score (nSPS) is 25.5. The summed E-state index contributed by atoms with van der Waals surface area (Å²) in [6, 6.07) is 11.2. The van der Waals surface area contributed by atoms with Crippen molar-refractivity contribution >= 4 is 5.97 Å². The number of benzene rings is 2. The fourth-order valence-electron chi connectivity index (χ4n) is 6.08. The zero-order chi connectivity index (χ0) is 30.7. The zero-order valence-electron chi connectivity index (χ0n) is 23.9. The van der Waals surface area contributed by atoms with Gasteiger partial charge in [-0.1, -0.05) is 30.3 Å². The molecule has 11 heteroatoms. The van der Waals surface area contributed by atoms with Crippen LogP contribution in [0, 0.1) is 11.3 Å². The van der Waals surface area contributed by atoms with E-state index in [4.69, 9.17) is 14.2 Å². The minimum atomic E-state index is -4.97. The summed E-state index contributed by atoms with van der Waals surface area (Å²) in [6.07, 6.45) is -9.96. The topological polar surface area (TPSA) is 48.0 Å². The van der Waals surface area contributed by atoms with Gasteiger partial charge in [0.15, 0.2) is 0 Å². The number of esters is 1. The molecule has 42 heavy (non-hydrogen) atoms. The van der Waals surface area contributed by atoms with Gasteiger partial charge < -0.3 is 14.2 Å². The highest BCUT2D eigenvalue weighted by Crippen LogP contribution is 2.43. The summed E-state index contributed by atoms with van der Waals surface area (Å²) >= 11 is 0. The molecular weight excluding hydrogens is 564 g/mol. The van der Waals surface area contributed by atoms with E-state index < -0.39 is 41.2 Å². The molecule has 0 aromatic heterocycles. The van der Waals surface area contributed by atoms with Crippen LogP contribution in [-0.2, 0) is 31.4 Å². The van der Waals surface area contributed by atoms with Gasteiger partial charge in [-0.25, -0.2) is 0 Å². The summed E-state index contributed by atoms with van der Waals surface area (Å²) in [5, 5.41) is 0. The molecule has 232 valence electrons. The maximum absolute atomic E-state index is 13.6. The van der Waals surface area contributed by atoms with E-state index in [-0.39, 0.29) is 49.2 Å². The second kappa shape index (κ2) is 12.9. The Balaban J connectivity index is 1.73. The highest BCUT2D eigenvalue weighted by atomic mass is 19.4. The molecule has 0 N–H and O–H groups in total. The number of halogens is 6. The molecule has 2 fully saturated rings. The third-order valence-electron chi connectivity index (χ3n) is 8.27. The molecule has 2 unspecified atom stereocenters.